The van der Waals surface area contributed by atoms with Crippen LogP contribution in [0, 0.1) is 0 Å². The van der Waals surface area contributed by atoms with Crippen LogP contribution in [0.1, 0.15) is 12.5 Å². The molecule has 0 radical (unpaired) electrons. The zero-order valence-electron chi connectivity index (χ0n) is 13.6. The van der Waals surface area contributed by atoms with Crippen molar-refractivity contribution in [2.75, 3.05) is 20.8 Å². The minimum Gasteiger partial charge on any atom is -0.493 e. The fourth-order valence-electron chi connectivity index (χ4n) is 2.64. The van der Waals surface area contributed by atoms with Gasteiger partial charge < -0.3 is 19.9 Å². The van der Waals surface area contributed by atoms with Crippen LogP contribution in [0.25, 0.3) is 0 Å². The molecule has 0 heterocycles. The van der Waals surface area contributed by atoms with Crippen molar-refractivity contribution < 1.29 is 14.2 Å². The van der Waals surface area contributed by atoms with Crippen molar-refractivity contribution in [3.05, 3.63) is 59.1 Å². The summed E-state index contributed by atoms with van der Waals surface area (Å²) in [4.78, 5) is 0. The van der Waals surface area contributed by atoms with Crippen LogP contribution in [0.5, 0.6) is 11.5 Å². The van der Waals surface area contributed by atoms with Gasteiger partial charge in [0.05, 0.1) is 7.11 Å². The van der Waals surface area contributed by atoms with E-state index in [0.717, 1.165) is 5.56 Å². The number of halogens is 1. The minimum absolute atomic E-state index is 0.285. The van der Waals surface area contributed by atoms with Crippen molar-refractivity contribution in [2.24, 2.45) is 5.73 Å². The molecule has 124 valence electrons. The van der Waals surface area contributed by atoms with Crippen LogP contribution < -0.4 is 15.2 Å². The second-order valence-corrected chi connectivity index (χ2v) is 5.71. The first-order chi connectivity index (χ1) is 11.1. The Morgan fingerprint density at radius 3 is 2.22 bits per heavy atom. The van der Waals surface area contributed by atoms with E-state index in [2.05, 4.69) is 0 Å². The third kappa shape index (κ3) is 3.61. The van der Waals surface area contributed by atoms with Gasteiger partial charge in [-0.1, -0.05) is 41.9 Å². The average molecular weight is 336 g/mol. The van der Waals surface area contributed by atoms with Gasteiger partial charge in [-0.25, -0.2) is 0 Å². The summed E-state index contributed by atoms with van der Waals surface area (Å²) < 4.78 is 17.3. The number of hydrogen-bond acceptors (Lipinski definition) is 4. The number of nitrogens with two attached hydrogens (primary N) is 1. The molecule has 23 heavy (non-hydrogen) atoms. The maximum atomic E-state index is 6.40. The molecule has 0 saturated heterocycles. The molecule has 0 saturated carbocycles. The van der Waals surface area contributed by atoms with Gasteiger partial charge >= 0.3 is 0 Å². The van der Waals surface area contributed by atoms with Gasteiger partial charge in [0, 0.05) is 24.2 Å². The molecule has 2 aromatic rings. The van der Waals surface area contributed by atoms with Crippen molar-refractivity contribution in [1.29, 1.82) is 0 Å². The van der Waals surface area contributed by atoms with Gasteiger partial charge in [-0.15, -0.1) is 0 Å². The molecule has 0 aliphatic rings. The lowest BCUT2D eigenvalue weighted by Gasteiger charge is -2.37. The van der Waals surface area contributed by atoms with Crippen molar-refractivity contribution in [1.82, 2.24) is 0 Å². The Morgan fingerprint density at radius 2 is 1.65 bits per heavy atom. The summed E-state index contributed by atoms with van der Waals surface area (Å²) in [5.74, 6) is 1.24. The summed E-state index contributed by atoms with van der Waals surface area (Å²) in [6.07, 6.45) is -0.382. The average Bonchev–Trinajstić information content (AvgIpc) is 2.56. The van der Waals surface area contributed by atoms with Crippen LogP contribution in [-0.4, -0.2) is 26.9 Å². The molecule has 0 aliphatic carbocycles. The summed E-state index contributed by atoms with van der Waals surface area (Å²) >= 11 is 6.40. The molecule has 2 unspecified atom stereocenters. The quantitative estimate of drug-likeness (QED) is 0.839. The highest BCUT2D eigenvalue weighted by Crippen LogP contribution is 2.39. The molecule has 0 aromatic heterocycles. The van der Waals surface area contributed by atoms with Crippen LogP contribution in [0.3, 0.4) is 0 Å². The zero-order chi connectivity index (χ0) is 16.9. The van der Waals surface area contributed by atoms with Gasteiger partial charge in [-0.05, 0) is 25.1 Å². The van der Waals surface area contributed by atoms with Crippen LogP contribution in [0.15, 0.2) is 48.5 Å². The largest absolute Gasteiger partial charge is 0.493 e. The second kappa shape index (κ2) is 7.68. The van der Waals surface area contributed by atoms with E-state index in [4.69, 9.17) is 31.5 Å². The monoisotopic (exact) mass is 335 g/mol. The van der Waals surface area contributed by atoms with Crippen LogP contribution >= 0.6 is 11.6 Å². The molecule has 0 spiro atoms. The van der Waals surface area contributed by atoms with Crippen molar-refractivity contribution in [2.45, 2.75) is 18.6 Å². The maximum Gasteiger partial charge on any atom is 0.162 e. The van der Waals surface area contributed by atoms with Crippen LogP contribution in [0.4, 0.5) is 0 Å². The molecule has 0 aliphatic heterocycles. The van der Waals surface area contributed by atoms with Crippen molar-refractivity contribution >= 4 is 11.6 Å². The fraction of sp³-hybridized carbons (Fsp3) is 0.333. The number of hydrogen-bond donors (Lipinski definition) is 1. The molecule has 2 atom stereocenters. The van der Waals surface area contributed by atoms with Gasteiger partial charge in [0.1, 0.15) is 6.10 Å². The minimum atomic E-state index is -0.865. The highest BCUT2D eigenvalue weighted by Gasteiger charge is 2.40. The van der Waals surface area contributed by atoms with Gasteiger partial charge in [-0.3, -0.25) is 0 Å². The van der Waals surface area contributed by atoms with E-state index < -0.39 is 5.60 Å². The third-order valence-corrected chi connectivity index (χ3v) is 4.24. The number of methoxy groups -OCH3 is 2. The Balaban J connectivity index is 2.52. The molecular weight excluding hydrogens is 314 g/mol. The first kappa shape index (κ1) is 17.6. The molecule has 0 fully saturated rings. The summed E-state index contributed by atoms with van der Waals surface area (Å²) in [5, 5.41) is 0.598. The van der Waals surface area contributed by atoms with E-state index in [1.54, 1.807) is 14.2 Å². The lowest BCUT2D eigenvalue weighted by Crippen LogP contribution is -2.47. The number of ether oxygens (including phenoxy) is 3. The number of benzene rings is 2. The lowest BCUT2D eigenvalue weighted by molar-refractivity contribution is -0.0645. The SMILES string of the molecule is COc1ccccc1OC(C)(c1ccccc1Cl)C(CN)OC. The second-order valence-electron chi connectivity index (χ2n) is 5.30. The molecule has 2 N–H and O–H groups in total. The Bertz CT molecular complexity index is 646. The zero-order valence-corrected chi connectivity index (χ0v) is 14.3. The van der Waals surface area contributed by atoms with E-state index in [0.29, 0.717) is 16.5 Å². The summed E-state index contributed by atoms with van der Waals surface area (Å²) in [6, 6.07) is 15.0. The first-order valence-corrected chi connectivity index (χ1v) is 7.74. The first-order valence-electron chi connectivity index (χ1n) is 7.36. The lowest BCUT2D eigenvalue weighted by atomic mass is 9.89. The number of para-hydroxylation sites is 2. The van der Waals surface area contributed by atoms with Gasteiger partial charge in [-0.2, -0.15) is 0 Å². The standard InChI is InChI=1S/C18H22ClNO3/c1-18(17(12-20)22-3,13-8-4-5-9-14(13)19)23-16-11-7-6-10-15(16)21-2/h4-11,17H,12,20H2,1-3H3. The molecular formula is C18H22ClNO3. The third-order valence-electron chi connectivity index (χ3n) is 3.91. The van der Waals surface area contributed by atoms with Crippen molar-refractivity contribution in [3.8, 4) is 11.5 Å². The summed E-state index contributed by atoms with van der Waals surface area (Å²) in [6.45, 7) is 2.20. The Hall–Kier alpha value is -1.75. The van der Waals surface area contributed by atoms with E-state index >= 15 is 0 Å². The van der Waals surface area contributed by atoms with E-state index in [1.165, 1.54) is 0 Å². The molecule has 2 rings (SSSR count). The van der Waals surface area contributed by atoms with Gasteiger partial charge in [0.2, 0.25) is 0 Å². The predicted octanol–water partition coefficient (Wildman–Crippen LogP) is 3.62. The molecule has 5 heteroatoms. The fourth-order valence-corrected chi connectivity index (χ4v) is 2.96. The van der Waals surface area contributed by atoms with E-state index in [1.807, 2.05) is 55.5 Å². The highest BCUT2D eigenvalue weighted by molar-refractivity contribution is 6.31. The molecule has 2 aromatic carbocycles. The highest BCUT2D eigenvalue weighted by atomic mass is 35.5. The molecule has 0 amide bonds. The van der Waals surface area contributed by atoms with Crippen LogP contribution in [-0.2, 0) is 10.3 Å². The molecule has 4 nitrogen and oxygen atoms in total. The van der Waals surface area contributed by atoms with Crippen molar-refractivity contribution in [3.63, 3.8) is 0 Å². The summed E-state index contributed by atoms with van der Waals surface area (Å²) in [7, 11) is 3.21. The van der Waals surface area contributed by atoms with E-state index in [-0.39, 0.29) is 12.6 Å². The Morgan fingerprint density at radius 1 is 1.04 bits per heavy atom. The predicted molar refractivity (Wildman–Crippen MR) is 92.3 cm³/mol. The topological polar surface area (TPSA) is 53.7 Å². The Kier molecular flexibility index (Phi) is 5.88. The van der Waals surface area contributed by atoms with Crippen LogP contribution in [0.2, 0.25) is 5.02 Å². The normalized spacial score (nSPS) is 14.8. The van der Waals surface area contributed by atoms with Gasteiger partial charge in [0.15, 0.2) is 17.1 Å². The summed E-state index contributed by atoms with van der Waals surface area (Å²) in [5.41, 5.74) is 5.85. The number of rotatable bonds is 7. The Labute approximate surface area is 142 Å². The van der Waals surface area contributed by atoms with E-state index in [9.17, 15) is 0 Å². The van der Waals surface area contributed by atoms with Gasteiger partial charge in [0.25, 0.3) is 0 Å². The maximum absolute atomic E-state index is 6.40. The molecule has 0 bridgehead atoms. The smallest absolute Gasteiger partial charge is 0.162 e.